The molecule has 3 rings (SSSR count). The lowest BCUT2D eigenvalue weighted by atomic mass is 9.63. The highest BCUT2D eigenvalue weighted by atomic mass is 15.2. The first-order chi connectivity index (χ1) is 8.74. The molecule has 1 saturated heterocycles. The summed E-state index contributed by atoms with van der Waals surface area (Å²) < 4.78 is 0. The molecule has 18 heavy (non-hydrogen) atoms. The second kappa shape index (κ2) is 4.58. The maximum Gasteiger partial charge on any atom is 0.0415 e. The lowest BCUT2D eigenvalue weighted by molar-refractivity contribution is 0.0902. The van der Waals surface area contributed by atoms with Crippen LogP contribution in [-0.2, 0) is 0 Å². The molecule has 1 atom stereocenters. The maximum absolute atomic E-state index is 3.53. The van der Waals surface area contributed by atoms with Crippen molar-refractivity contribution in [1.82, 2.24) is 5.32 Å². The summed E-state index contributed by atoms with van der Waals surface area (Å²) in [6, 6.07) is 9.34. The van der Waals surface area contributed by atoms with Crippen LogP contribution in [0.5, 0.6) is 0 Å². The third-order valence-corrected chi connectivity index (χ3v) is 4.72. The Morgan fingerprint density at radius 2 is 2.00 bits per heavy atom. The molecule has 1 N–H and O–H groups in total. The van der Waals surface area contributed by atoms with Gasteiger partial charge in [0.2, 0.25) is 0 Å². The van der Waals surface area contributed by atoms with Crippen molar-refractivity contribution in [3.05, 3.63) is 29.8 Å². The molecule has 1 aliphatic carbocycles. The van der Waals surface area contributed by atoms with Crippen molar-refractivity contribution in [2.24, 2.45) is 5.41 Å². The molecule has 0 radical (unpaired) electrons. The second-order valence-electron chi connectivity index (χ2n) is 6.05. The first-order valence-electron chi connectivity index (χ1n) is 7.31. The van der Waals surface area contributed by atoms with Gasteiger partial charge in [0.25, 0.3) is 0 Å². The van der Waals surface area contributed by atoms with Crippen LogP contribution in [-0.4, -0.2) is 19.6 Å². The van der Waals surface area contributed by atoms with E-state index in [1.54, 1.807) is 0 Å². The van der Waals surface area contributed by atoms with Gasteiger partial charge in [0.1, 0.15) is 0 Å². The molecule has 1 aromatic rings. The van der Waals surface area contributed by atoms with Crippen LogP contribution >= 0.6 is 0 Å². The molecule has 2 nitrogen and oxygen atoms in total. The maximum atomic E-state index is 3.53. The molecule has 1 heterocycles. The minimum absolute atomic E-state index is 0.448. The Balaban J connectivity index is 1.75. The van der Waals surface area contributed by atoms with E-state index >= 15 is 0 Å². The monoisotopic (exact) mass is 244 g/mol. The normalized spacial score (nSPS) is 22.4. The van der Waals surface area contributed by atoms with Crippen molar-refractivity contribution in [1.29, 1.82) is 0 Å². The van der Waals surface area contributed by atoms with E-state index in [9.17, 15) is 0 Å². The van der Waals surface area contributed by atoms with Gasteiger partial charge in [-0.2, -0.15) is 0 Å². The molecule has 0 amide bonds. The molecule has 98 valence electrons. The molecule has 1 saturated carbocycles. The van der Waals surface area contributed by atoms with Crippen LogP contribution in [0.3, 0.4) is 0 Å². The standard InChI is InChI=1S/C16H24N2/c1-3-17-13(2)14-7-4-5-8-15(14)18-11-16(12-18)9-6-10-16/h4-5,7-8,13,17H,3,6,9-12H2,1-2H3. The Morgan fingerprint density at radius 1 is 1.28 bits per heavy atom. The van der Waals surface area contributed by atoms with E-state index in [2.05, 4.69) is 48.3 Å². The lowest BCUT2D eigenvalue weighted by Crippen LogP contribution is -2.60. The molecule has 1 aromatic carbocycles. The van der Waals surface area contributed by atoms with Gasteiger partial charge in [-0.3, -0.25) is 0 Å². The van der Waals surface area contributed by atoms with Crippen LogP contribution in [0.4, 0.5) is 5.69 Å². The molecule has 0 aromatic heterocycles. The van der Waals surface area contributed by atoms with Crippen molar-refractivity contribution in [3.8, 4) is 0 Å². The summed E-state index contributed by atoms with van der Waals surface area (Å²) in [5, 5.41) is 3.53. The number of hydrogen-bond acceptors (Lipinski definition) is 2. The summed E-state index contributed by atoms with van der Waals surface area (Å²) >= 11 is 0. The predicted molar refractivity (Wildman–Crippen MR) is 77.0 cm³/mol. The van der Waals surface area contributed by atoms with Crippen molar-refractivity contribution < 1.29 is 0 Å². The fourth-order valence-corrected chi connectivity index (χ4v) is 3.48. The fourth-order valence-electron chi connectivity index (χ4n) is 3.48. The van der Waals surface area contributed by atoms with Crippen molar-refractivity contribution >= 4 is 5.69 Å². The van der Waals surface area contributed by atoms with Gasteiger partial charge in [0, 0.05) is 30.2 Å². The lowest BCUT2D eigenvalue weighted by Gasteiger charge is -2.57. The highest BCUT2D eigenvalue weighted by Crippen LogP contribution is 2.50. The van der Waals surface area contributed by atoms with Gasteiger partial charge in [-0.25, -0.2) is 0 Å². The third kappa shape index (κ3) is 1.93. The second-order valence-corrected chi connectivity index (χ2v) is 6.05. The van der Waals surface area contributed by atoms with Gasteiger partial charge in [-0.05, 0) is 37.9 Å². The highest BCUT2D eigenvalue weighted by molar-refractivity contribution is 5.57. The Bertz CT molecular complexity index is 415. The largest absolute Gasteiger partial charge is 0.370 e. The van der Waals surface area contributed by atoms with Crippen LogP contribution in [0, 0.1) is 5.41 Å². The number of rotatable bonds is 4. The van der Waals surface area contributed by atoms with Gasteiger partial charge >= 0.3 is 0 Å². The van der Waals surface area contributed by atoms with E-state index in [0.29, 0.717) is 11.5 Å². The van der Waals surface area contributed by atoms with Crippen molar-refractivity contribution in [2.45, 2.75) is 39.2 Å². The number of nitrogens with zero attached hydrogens (tertiary/aromatic N) is 1. The zero-order valence-electron chi connectivity index (χ0n) is 11.6. The topological polar surface area (TPSA) is 15.3 Å². The van der Waals surface area contributed by atoms with Gasteiger partial charge in [0.15, 0.2) is 0 Å². The van der Waals surface area contributed by atoms with Crippen molar-refractivity contribution in [3.63, 3.8) is 0 Å². The number of nitrogens with one attached hydrogen (secondary N) is 1. The molecular formula is C16H24N2. The molecule has 2 fully saturated rings. The summed E-state index contributed by atoms with van der Waals surface area (Å²) in [5.41, 5.74) is 3.60. The quantitative estimate of drug-likeness (QED) is 0.874. The average Bonchev–Trinajstić information content (AvgIpc) is 2.26. The number of anilines is 1. The first kappa shape index (κ1) is 12.0. The van der Waals surface area contributed by atoms with Crippen LogP contribution in [0.2, 0.25) is 0 Å². The molecular weight excluding hydrogens is 220 g/mol. The van der Waals surface area contributed by atoms with Crippen LogP contribution in [0.25, 0.3) is 0 Å². The highest BCUT2D eigenvalue weighted by Gasteiger charge is 2.47. The van der Waals surface area contributed by atoms with Gasteiger partial charge in [-0.15, -0.1) is 0 Å². The number of benzene rings is 1. The zero-order chi connectivity index (χ0) is 12.6. The van der Waals surface area contributed by atoms with Crippen LogP contribution in [0.1, 0.15) is 44.7 Å². The predicted octanol–water partition coefficient (Wildman–Crippen LogP) is 3.35. The number of hydrogen-bond donors (Lipinski definition) is 1. The molecule has 0 bridgehead atoms. The van der Waals surface area contributed by atoms with E-state index in [4.69, 9.17) is 0 Å². The molecule has 1 spiro atoms. The summed E-state index contributed by atoms with van der Waals surface area (Å²) in [7, 11) is 0. The van der Waals surface area contributed by atoms with E-state index in [0.717, 1.165) is 6.54 Å². The molecule has 2 aliphatic rings. The summed E-state index contributed by atoms with van der Waals surface area (Å²) in [4.78, 5) is 2.57. The van der Waals surface area contributed by atoms with Gasteiger partial charge in [-0.1, -0.05) is 31.5 Å². The minimum atomic E-state index is 0.448. The summed E-state index contributed by atoms with van der Waals surface area (Å²) in [5.74, 6) is 0. The van der Waals surface area contributed by atoms with E-state index in [1.165, 1.54) is 43.6 Å². The van der Waals surface area contributed by atoms with Gasteiger partial charge < -0.3 is 10.2 Å². The van der Waals surface area contributed by atoms with Crippen molar-refractivity contribution in [2.75, 3.05) is 24.5 Å². The molecule has 2 heteroatoms. The van der Waals surface area contributed by atoms with Crippen LogP contribution < -0.4 is 10.2 Å². The van der Waals surface area contributed by atoms with Gasteiger partial charge in [0.05, 0.1) is 0 Å². The summed E-state index contributed by atoms with van der Waals surface area (Å²) in [6.45, 7) is 8.03. The Labute approximate surface area is 110 Å². The third-order valence-electron chi connectivity index (χ3n) is 4.72. The minimum Gasteiger partial charge on any atom is -0.370 e. The Morgan fingerprint density at radius 3 is 2.61 bits per heavy atom. The summed E-state index contributed by atoms with van der Waals surface area (Å²) in [6.07, 6.45) is 4.35. The smallest absolute Gasteiger partial charge is 0.0415 e. The average molecular weight is 244 g/mol. The van der Waals surface area contributed by atoms with Crippen LogP contribution in [0.15, 0.2) is 24.3 Å². The molecule has 1 aliphatic heterocycles. The fraction of sp³-hybridized carbons (Fsp3) is 0.625. The zero-order valence-corrected chi connectivity index (χ0v) is 11.6. The van der Waals surface area contributed by atoms with E-state index in [1.807, 2.05) is 0 Å². The Kier molecular flexibility index (Phi) is 3.06. The molecule has 1 unspecified atom stereocenters. The first-order valence-corrected chi connectivity index (χ1v) is 7.31. The SMILES string of the molecule is CCNC(C)c1ccccc1N1CC2(CCC2)C1. The van der Waals surface area contributed by atoms with E-state index in [-0.39, 0.29) is 0 Å². The number of para-hydroxylation sites is 1. The Hall–Kier alpha value is -1.02. The van der Waals surface area contributed by atoms with E-state index < -0.39 is 0 Å².